The van der Waals surface area contributed by atoms with Gasteiger partial charge < -0.3 is 0 Å². The number of hydrogen-bond acceptors (Lipinski definition) is 3. The lowest BCUT2D eigenvalue weighted by Gasteiger charge is -2.35. The Balaban J connectivity index is 1.91. The van der Waals surface area contributed by atoms with Gasteiger partial charge in [0.25, 0.3) is 0 Å². The molecule has 0 aromatic heterocycles. The van der Waals surface area contributed by atoms with Crippen molar-refractivity contribution in [1.29, 1.82) is 0 Å². The van der Waals surface area contributed by atoms with Gasteiger partial charge in [-0.1, -0.05) is 28.8 Å². The number of alkyl halides is 1. The van der Waals surface area contributed by atoms with Gasteiger partial charge in [0.05, 0.1) is 5.25 Å². The largest absolute Gasteiger partial charge is 0.300 e. The minimum atomic E-state index is -3.01. The van der Waals surface area contributed by atoms with Crippen LogP contribution in [0.4, 0.5) is 0 Å². The summed E-state index contributed by atoms with van der Waals surface area (Å²) < 4.78 is 26.4. The zero-order valence-electron chi connectivity index (χ0n) is 10.1. The van der Waals surface area contributed by atoms with Crippen molar-refractivity contribution in [2.45, 2.75) is 30.9 Å². The first-order chi connectivity index (χ1) is 8.14. The summed E-state index contributed by atoms with van der Waals surface area (Å²) in [7, 11) is -3.01. The maximum Gasteiger partial charge on any atom is 0.217 e. The minimum absolute atomic E-state index is 0.0924. The second-order valence-corrected chi connectivity index (χ2v) is 7.89. The number of piperazine rings is 1. The zero-order chi connectivity index (χ0) is 12.3. The second kappa shape index (κ2) is 5.99. The lowest BCUT2D eigenvalue weighted by molar-refractivity contribution is 0.197. The molecule has 2 fully saturated rings. The van der Waals surface area contributed by atoms with E-state index in [0.717, 1.165) is 50.6 Å². The number of rotatable bonds is 4. The van der Waals surface area contributed by atoms with E-state index in [-0.39, 0.29) is 5.25 Å². The van der Waals surface area contributed by atoms with Crippen LogP contribution in [-0.4, -0.2) is 60.9 Å². The van der Waals surface area contributed by atoms with Crippen LogP contribution in [0.3, 0.4) is 0 Å². The first kappa shape index (κ1) is 13.8. The maximum atomic E-state index is 12.4. The molecule has 2 aliphatic rings. The van der Waals surface area contributed by atoms with Crippen LogP contribution in [0, 0.1) is 0 Å². The molecule has 0 spiro atoms. The summed E-state index contributed by atoms with van der Waals surface area (Å²) in [5, 5.41) is 0.868. The molecule has 1 saturated heterocycles. The van der Waals surface area contributed by atoms with Gasteiger partial charge in [0.15, 0.2) is 0 Å². The predicted octanol–water partition coefficient (Wildman–Crippen LogP) is 1.27. The minimum Gasteiger partial charge on any atom is -0.300 e. The monoisotopic (exact) mass is 324 g/mol. The van der Waals surface area contributed by atoms with Gasteiger partial charge in [0.2, 0.25) is 10.0 Å². The maximum absolute atomic E-state index is 12.4. The third kappa shape index (κ3) is 3.22. The fourth-order valence-electron chi connectivity index (χ4n) is 2.72. The molecular formula is C11H21BrN2O2S. The molecule has 0 atom stereocenters. The van der Waals surface area contributed by atoms with Gasteiger partial charge in [-0.15, -0.1) is 0 Å². The average molecular weight is 325 g/mol. The lowest BCUT2D eigenvalue weighted by atomic mass is 10.4. The molecule has 0 aromatic carbocycles. The van der Waals surface area contributed by atoms with Gasteiger partial charge in [-0.2, -0.15) is 4.31 Å². The first-order valence-electron chi connectivity index (χ1n) is 6.42. The van der Waals surface area contributed by atoms with Gasteiger partial charge in [0, 0.05) is 38.1 Å². The fraction of sp³-hybridized carbons (Fsp3) is 1.00. The van der Waals surface area contributed by atoms with Crippen LogP contribution < -0.4 is 0 Å². The number of hydrogen-bond donors (Lipinski definition) is 0. The third-order valence-corrected chi connectivity index (χ3v) is 6.57. The summed E-state index contributed by atoms with van der Waals surface area (Å²) in [6.45, 7) is 4.10. The van der Waals surface area contributed by atoms with E-state index in [1.165, 1.54) is 0 Å². The molecule has 0 unspecified atom stereocenters. The molecule has 100 valence electrons. The Morgan fingerprint density at radius 1 is 1.06 bits per heavy atom. The average Bonchev–Trinajstić information content (AvgIpc) is 2.84. The summed E-state index contributed by atoms with van der Waals surface area (Å²) in [5.41, 5.74) is 0. The lowest BCUT2D eigenvalue weighted by Crippen LogP contribution is -2.51. The highest BCUT2D eigenvalue weighted by molar-refractivity contribution is 9.09. The molecule has 1 aliphatic heterocycles. The highest BCUT2D eigenvalue weighted by atomic mass is 79.9. The van der Waals surface area contributed by atoms with Gasteiger partial charge in [-0.05, 0) is 12.8 Å². The molecule has 1 heterocycles. The van der Waals surface area contributed by atoms with Crippen LogP contribution in [0.15, 0.2) is 0 Å². The Morgan fingerprint density at radius 3 is 2.18 bits per heavy atom. The van der Waals surface area contributed by atoms with E-state index in [0.29, 0.717) is 13.1 Å². The molecule has 17 heavy (non-hydrogen) atoms. The Hall–Kier alpha value is 0.350. The van der Waals surface area contributed by atoms with Crippen LogP contribution in [-0.2, 0) is 10.0 Å². The van der Waals surface area contributed by atoms with Gasteiger partial charge >= 0.3 is 0 Å². The predicted molar refractivity (Wildman–Crippen MR) is 73.0 cm³/mol. The Bertz CT molecular complexity index is 333. The smallest absolute Gasteiger partial charge is 0.217 e. The molecule has 2 rings (SSSR count). The Kier molecular flexibility index (Phi) is 4.86. The van der Waals surface area contributed by atoms with Crippen LogP contribution in [0.25, 0.3) is 0 Å². The van der Waals surface area contributed by atoms with E-state index in [1.54, 1.807) is 4.31 Å². The molecule has 4 nitrogen and oxygen atoms in total. The second-order valence-electron chi connectivity index (χ2n) is 4.88. The summed E-state index contributed by atoms with van der Waals surface area (Å²) in [6, 6.07) is 0. The van der Waals surface area contributed by atoms with Crippen molar-refractivity contribution in [2.24, 2.45) is 0 Å². The standard InChI is InChI=1S/C11H21BrN2O2S/c12-5-6-13-7-9-14(10-8-13)17(15,16)11-3-1-2-4-11/h11H,1-10H2. The number of halogens is 1. The van der Waals surface area contributed by atoms with Crippen molar-refractivity contribution in [3.63, 3.8) is 0 Å². The van der Waals surface area contributed by atoms with Crippen molar-refractivity contribution in [3.05, 3.63) is 0 Å². The van der Waals surface area contributed by atoms with Gasteiger partial charge in [-0.3, -0.25) is 4.90 Å². The fourth-order valence-corrected chi connectivity index (χ4v) is 5.25. The molecule has 6 heteroatoms. The quantitative estimate of drug-likeness (QED) is 0.731. The normalized spacial score (nSPS) is 25.5. The van der Waals surface area contributed by atoms with E-state index >= 15 is 0 Å². The Labute approximate surface area is 113 Å². The molecule has 0 N–H and O–H groups in total. The van der Waals surface area contributed by atoms with E-state index in [4.69, 9.17) is 0 Å². The van der Waals surface area contributed by atoms with Crippen LogP contribution in [0.1, 0.15) is 25.7 Å². The molecule has 0 amide bonds. The molecular weight excluding hydrogens is 304 g/mol. The number of sulfonamides is 1. The molecule has 1 saturated carbocycles. The van der Waals surface area contributed by atoms with Crippen molar-refractivity contribution in [2.75, 3.05) is 38.1 Å². The summed E-state index contributed by atoms with van der Waals surface area (Å²) in [6.07, 6.45) is 3.88. The van der Waals surface area contributed by atoms with Crippen molar-refractivity contribution < 1.29 is 8.42 Å². The number of nitrogens with zero attached hydrogens (tertiary/aromatic N) is 2. The van der Waals surface area contributed by atoms with E-state index in [1.807, 2.05) is 0 Å². The molecule has 0 aromatic rings. The van der Waals surface area contributed by atoms with Gasteiger partial charge in [-0.25, -0.2) is 8.42 Å². The Morgan fingerprint density at radius 2 is 1.65 bits per heavy atom. The summed E-state index contributed by atoms with van der Waals surface area (Å²) in [4.78, 5) is 2.31. The zero-order valence-corrected chi connectivity index (χ0v) is 12.5. The van der Waals surface area contributed by atoms with Crippen LogP contribution >= 0.6 is 15.9 Å². The van der Waals surface area contributed by atoms with Crippen LogP contribution in [0.2, 0.25) is 0 Å². The highest BCUT2D eigenvalue weighted by Gasteiger charge is 2.35. The molecule has 0 bridgehead atoms. The highest BCUT2D eigenvalue weighted by Crippen LogP contribution is 2.27. The van der Waals surface area contributed by atoms with Gasteiger partial charge in [0.1, 0.15) is 0 Å². The van der Waals surface area contributed by atoms with Crippen LogP contribution in [0.5, 0.6) is 0 Å². The summed E-state index contributed by atoms with van der Waals surface area (Å²) in [5.74, 6) is 0. The molecule has 1 aliphatic carbocycles. The third-order valence-electron chi connectivity index (χ3n) is 3.82. The van der Waals surface area contributed by atoms with Crippen molar-refractivity contribution in [1.82, 2.24) is 9.21 Å². The first-order valence-corrected chi connectivity index (χ1v) is 9.04. The van der Waals surface area contributed by atoms with Crippen molar-refractivity contribution in [3.8, 4) is 0 Å². The van der Waals surface area contributed by atoms with Crippen molar-refractivity contribution >= 4 is 26.0 Å². The SMILES string of the molecule is O=S(=O)(C1CCCC1)N1CCN(CCBr)CC1. The van der Waals surface area contributed by atoms with E-state index in [2.05, 4.69) is 20.8 Å². The van der Waals surface area contributed by atoms with E-state index < -0.39 is 10.0 Å². The summed E-state index contributed by atoms with van der Waals surface area (Å²) >= 11 is 3.42. The van der Waals surface area contributed by atoms with E-state index in [9.17, 15) is 8.42 Å². The topological polar surface area (TPSA) is 40.6 Å². The molecule has 0 radical (unpaired) electrons.